The van der Waals surface area contributed by atoms with Gasteiger partial charge in [0.1, 0.15) is 0 Å². The first-order valence-electron chi connectivity index (χ1n) is 9.62. The number of carbonyl (C=O) groups is 1. The van der Waals surface area contributed by atoms with Crippen molar-refractivity contribution in [2.75, 3.05) is 38.3 Å². The standard InChI is InChI=1S/C23H25N3O2/c1-24(18-20-6-2-3-7-22(20)26-14-16-28-17-15-26)23(27)19-8-10-21(11-9-19)25-12-4-5-13-25/h2-13H,14-18H2,1H3. The lowest BCUT2D eigenvalue weighted by molar-refractivity contribution is 0.0785. The van der Waals surface area contributed by atoms with Crippen molar-refractivity contribution in [3.63, 3.8) is 0 Å². The predicted molar refractivity (Wildman–Crippen MR) is 111 cm³/mol. The molecular formula is C23H25N3O2. The molecule has 0 aliphatic carbocycles. The van der Waals surface area contributed by atoms with Gasteiger partial charge in [-0.2, -0.15) is 0 Å². The molecule has 0 spiro atoms. The molecule has 1 aliphatic heterocycles. The van der Waals surface area contributed by atoms with Crippen molar-refractivity contribution in [2.45, 2.75) is 6.54 Å². The van der Waals surface area contributed by atoms with E-state index in [4.69, 9.17) is 4.74 Å². The van der Waals surface area contributed by atoms with E-state index in [1.165, 1.54) is 5.69 Å². The van der Waals surface area contributed by atoms with Gasteiger partial charge in [0, 0.05) is 56.0 Å². The van der Waals surface area contributed by atoms with Gasteiger partial charge in [-0.3, -0.25) is 4.79 Å². The van der Waals surface area contributed by atoms with E-state index in [-0.39, 0.29) is 5.91 Å². The molecule has 5 nitrogen and oxygen atoms in total. The third kappa shape index (κ3) is 3.94. The van der Waals surface area contributed by atoms with Gasteiger partial charge in [0.2, 0.25) is 0 Å². The second-order valence-corrected chi connectivity index (χ2v) is 7.03. The van der Waals surface area contributed by atoms with Gasteiger partial charge in [0.05, 0.1) is 13.2 Å². The van der Waals surface area contributed by atoms with Crippen molar-refractivity contribution >= 4 is 11.6 Å². The monoisotopic (exact) mass is 375 g/mol. The molecular weight excluding hydrogens is 350 g/mol. The first kappa shape index (κ1) is 18.3. The second-order valence-electron chi connectivity index (χ2n) is 7.03. The van der Waals surface area contributed by atoms with Gasteiger partial charge >= 0.3 is 0 Å². The molecule has 1 amide bonds. The summed E-state index contributed by atoms with van der Waals surface area (Å²) in [7, 11) is 1.86. The maximum absolute atomic E-state index is 12.9. The van der Waals surface area contributed by atoms with Gasteiger partial charge in [-0.05, 0) is 48.0 Å². The largest absolute Gasteiger partial charge is 0.378 e. The van der Waals surface area contributed by atoms with Gasteiger partial charge < -0.3 is 19.1 Å². The molecule has 0 bridgehead atoms. The Morgan fingerprint density at radius 3 is 2.36 bits per heavy atom. The lowest BCUT2D eigenvalue weighted by Gasteiger charge is -2.31. The van der Waals surface area contributed by atoms with E-state index in [0.29, 0.717) is 12.1 Å². The number of benzene rings is 2. The van der Waals surface area contributed by atoms with Crippen LogP contribution in [0, 0.1) is 0 Å². The van der Waals surface area contributed by atoms with E-state index < -0.39 is 0 Å². The highest BCUT2D eigenvalue weighted by atomic mass is 16.5. The van der Waals surface area contributed by atoms with E-state index in [0.717, 1.165) is 37.6 Å². The third-order valence-electron chi connectivity index (χ3n) is 5.11. The first-order chi connectivity index (χ1) is 13.7. The molecule has 1 aliphatic rings. The lowest BCUT2D eigenvalue weighted by atomic mass is 10.1. The summed E-state index contributed by atoms with van der Waals surface area (Å²) in [5.41, 5.74) is 4.08. The van der Waals surface area contributed by atoms with E-state index in [1.54, 1.807) is 4.90 Å². The molecule has 1 aromatic heterocycles. The zero-order valence-electron chi connectivity index (χ0n) is 16.1. The van der Waals surface area contributed by atoms with Crippen LogP contribution in [0.1, 0.15) is 15.9 Å². The van der Waals surface area contributed by atoms with E-state index in [1.807, 2.05) is 66.5 Å². The highest BCUT2D eigenvalue weighted by Gasteiger charge is 2.18. The Labute approximate surface area is 165 Å². The number of hydrogen-bond acceptors (Lipinski definition) is 3. The molecule has 0 atom stereocenters. The third-order valence-corrected chi connectivity index (χ3v) is 5.11. The Kier molecular flexibility index (Phi) is 5.44. The van der Waals surface area contributed by atoms with Crippen LogP contribution in [0.5, 0.6) is 0 Å². The second kappa shape index (κ2) is 8.31. The number of rotatable bonds is 5. The van der Waals surface area contributed by atoms with Crippen LogP contribution in [-0.2, 0) is 11.3 Å². The van der Waals surface area contributed by atoms with E-state index >= 15 is 0 Å². The van der Waals surface area contributed by atoms with Gasteiger partial charge in [-0.25, -0.2) is 0 Å². The van der Waals surface area contributed by atoms with Gasteiger partial charge in [0.25, 0.3) is 5.91 Å². The van der Waals surface area contributed by atoms with E-state index in [2.05, 4.69) is 23.1 Å². The van der Waals surface area contributed by atoms with Crippen LogP contribution in [0.15, 0.2) is 73.1 Å². The van der Waals surface area contributed by atoms with Crippen LogP contribution >= 0.6 is 0 Å². The Morgan fingerprint density at radius 1 is 0.964 bits per heavy atom. The fraction of sp³-hybridized carbons (Fsp3) is 0.261. The molecule has 0 unspecified atom stereocenters. The molecule has 5 heteroatoms. The molecule has 144 valence electrons. The summed E-state index contributed by atoms with van der Waals surface area (Å²) >= 11 is 0. The van der Waals surface area contributed by atoms with Crippen molar-refractivity contribution in [1.29, 1.82) is 0 Å². The first-order valence-corrected chi connectivity index (χ1v) is 9.62. The smallest absolute Gasteiger partial charge is 0.253 e. The van der Waals surface area contributed by atoms with Gasteiger partial charge in [-0.1, -0.05) is 18.2 Å². The predicted octanol–water partition coefficient (Wildman–Crippen LogP) is 3.59. The van der Waals surface area contributed by atoms with Crippen molar-refractivity contribution < 1.29 is 9.53 Å². The van der Waals surface area contributed by atoms with Crippen molar-refractivity contribution in [3.05, 3.63) is 84.2 Å². The fourth-order valence-corrected chi connectivity index (χ4v) is 3.59. The van der Waals surface area contributed by atoms with Crippen LogP contribution in [0.25, 0.3) is 5.69 Å². The number of amides is 1. The minimum absolute atomic E-state index is 0.0239. The number of hydrogen-bond donors (Lipinski definition) is 0. The topological polar surface area (TPSA) is 37.7 Å². The normalized spacial score (nSPS) is 14.1. The van der Waals surface area contributed by atoms with Crippen LogP contribution in [-0.4, -0.2) is 48.7 Å². The number of nitrogens with zero attached hydrogens (tertiary/aromatic N) is 3. The molecule has 1 saturated heterocycles. The summed E-state index contributed by atoms with van der Waals surface area (Å²) in [4.78, 5) is 17.0. The van der Waals surface area contributed by atoms with Crippen LogP contribution in [0.3, 0.4) is 0 Å². The zero-order valence-corrected chi connectivity index (χ0v) is 16.1. The summed E-state index contributed by atoms with van der Waals surface area (Å²) in [5.74, 6) is 0.0239. The molecule has 0 N–H and O–H groups in total. The van der Waals surface area contributed by atoms with Crippen molar-refractivity contribution in [3.8, 4) is 5.69 Å². The molecule has 0 radical (unpaired) electrons. The zero-order chi connectivity index (χ0) is 19.3. The van der Waals surface area contributed by atoms with Crippen LogP contribution in [0.2, 0.25) is 0 Å². The summed E-state index contributed by atoms with van der Waals surface area (Å²) in [5, 5.41) is 0. The van der Waals surface area contributed by atoms with E-state index in [9.17, 15) is 4.79 Å². The Balaban J connectivity index is 1.48. The van der Waals surface area contributed by atoms with Crippen LogP contribution in [0.4, 0.5) is 5.69 Å². The molecule has 0 saturated carbocycles. The average molecular weight is 375 g/mol. The highest BCUT2D eigenvalue weighted by molar-refractivity contribution is 5.94. The maximum Gasteiger partial charge on any atom is 0.253 e. The minimum Gasteiger partial charge on any atom is -0.378 e. The van der Waals surface area contributed by atoms with Crippen molar-refractivity contribution in [1.82, 2.24) is 9.47 Å². The Bertz CT molecular complexity index is 913. The molecule has 2 heterocycles. The van der Waals surface area contributed by atoms with Crippen LogP contribution < -0.4 is 4.90 Å². The quantitative estimate of drug-likeness (QED) is 0.684. The summed E-state index contributed by atoms with van der Waals surface area (Å²) in [6, 6.07) is 20.0. The molecule has 3 aromatic rings. The minimum atomic E-state index is 0.0239. The number of morpholine rings is 1. The Morgan fingerprint density at radius 2 is 1.64 bits per heavy atom. The molecule has 2 aromatic carbocycles. The number of para-hydroxylation sites is 1. The fourth-order valence-electron chi connectivity index (χ4n) is 3.59. The van der Waals surface area contributed by atoms with Gasteiger partial charge in [0.15, 0.2) is 0 Å². The lowest BCUT2D eigenvalue weighted by Crippen LogP contribution is -2.37. The highest BCUT2D eigenvalue weighted by Crippen LogP contribution is 2.23. The molecule has 28 heavy (non-hydrogen) atoms. The summed E-state index contributed by atoms with van der Waals surface area (Å²) in [6.07, 6.45) is 3.98. The maximum atomic E-state index is 12.9. The number of anilines is 1. The Hall–Kier alpha value is -3.05. The molecule has 4 rings (SSSR count). The van der Waals surface area contributed by atoms with Gasteiger partial charge in [-0.15, -0.1) is 0 Å². The number of aromatic nitrogens is 1. The van der Waals surface area contributed by atoms with Crippen molar-refractivity contribution in [2.24, 2.45) is 0 Å². The molecule has 1 fully saturated rings. The SMILES string of the molecule is CN(Cc1ccccc1N1CCOCC1)C(=O)c1ccc(-n2cccc2)cc1. The summed E-state index contributed by atoms with van der Waals surface area (Å²) in [6.45, 7) is 3.84. The summed E-state index contributed by atoms with van der Waals surface area (Å²) < 4.78 is 7.49. The average Bonchev–Trinajstić information content (AvgIpc) is 3.29. The number of ether oxygens (including phenoxy) is 1. The number of carbonyl (C=O) groups excluding carboxylic acids is 1.